The van der Waals surface area contributed by atoms with Gasteiger partial charge in [-0.25, -0.2) is 5.90 Å². The molecule has 0 fully saturated rings. The zero-order valence-corrected chi connectivity index (χ0v) is 3.68. The van der Waals surface area contributed by atoms with Crippen LogP contribution in [0.1, 0.15) is 0 Å². The third-order valence-corrected chi connectivity index (χ3v) is 0. The Hall–Kier alpha value is 0.104. The SMILES string of the molecule is NO.[O]=[V]=[O]. The first kappa shape index (κ1) is 8.92. The molecule has 0 aromatic rings. The fourth-order valence-corrected chi connectivity index (χ4v) is 0. The Morgan fingerprint density at radius 2 is 1.40 bits per heavy atom. The molecule has 0 aliphatic carbocycles. The first-order chi connectivity index (χ1) is 2.41. The molecule has 0 bridgehead atoms. The third kappa shape index (κ3) is 1670. The van der Waals surface area contributed by atoms with Crippen molar-refractivity contribution in [3.05, 3.63) is 0 Å². The second kappa shape index (κ2) is 32.4. The standard InChI is InChI=1S/H3NO.2O.V/c1-2;;;/h2H,1H2;;;. The summed E-state index contributed by atoms with van der Waals surface area (Å²) in [7, 11) is 0. The molecule has 0 saturated heterocycles. The Morgan fingerprint density at radius 1 is 1.40 bits per heavy atom. The van der Waals surface area contributed by atoms with Gasteiger partial charge in [0.1, 0.15) is 0 Å². The van der Waals surface area contributed by atoms with Crippen molar-refractivity contribution in [2.24, 2.45) is 5.90 Å². The van der Waals surface area contributed by atoms with Crippen molar-refractivity contribution in [3.63, 3.8) is 0 Å². The Morgan fingerprint density at radius 3 is 1.40 bits per heavy atom. The van der Waals surface area contributed by atoms with Gasteiger partial charge in [-0.2, -0.15) is 0 Å². The summed E-state index contributed by atoms with van der Waals surface area (Å²) in [5.74, 6) is 3.50. The number of hydrogen-bond donors (Lipinski definition) is 2. The maximum atomic E-state index is 8.47. The summed E-state index contributed by atoms with van der Waals surface area (Å²) in [6.45, 7) is 0. The van der Waals surface area contributed by atoms with Crippen molar-refractivity contribution in [1.82, 2.24) is 0 Å². The average molecular weight is 116 g/mol. The van der Waals surface area contributed by atoms with Crippen molar-refractivity contribution in [3.8, 4) is 0 Å². The van der Waals surface area contributed by atoms with E-state index in [0.717, 1.165) is 0 Å². The molecule has 0 aliphatic heterocycles. The molecule has 3 N–H and O–H groups in total. The van der Waals surface area contributed by atoms with Gasteiger partial charge in [-0.05, 0) is 0 Å². The molecule has 0 radical (unpaired) electrons. The van der Waals surface area contributed by atoms with E-state index in [2.05, 4.69) is 5.90 Å². The van der Waals surface area contributed by atoms with Crippen molar-refractivity contribution in [2.45, 2.75) is 0 Å². The molecule has 0 aliphatic rings. The maximum absolute atomic E-state index is 8.47. The Balaban J connectivity index is 0. The first-order valence-corrected chi connectivity index (χ1v) is 1.76. The van der Waals surface area contributed by atoms with Gasteiger partial charge in [0.15, 0.2) is 0 Å². The number of hydrogen-bond acceptors (Lipinski definition) is 4. The van der Waals surface area contributed by atoms with Gasteiger partial charge in [0.25, 0.3) is 0 Å². The van der Waals surface area contributed by atoms with Crippen LogP contribution in [0.3, 0.4) is 0 Å². The second-order valence-corrected chi connectivity index (χ2v) is 0.307. The minimum absolute atomic E-state index is 1.81. The van der Waals surface area contributed by atoms with Crippen LogP contribution in [0.25, 0.3) is 0 Å². The van der Waals surface area contributed by atoms with Crippen molar-refractivity contribution < 1.29 is 28.7 Å². The van der Waals surface area contributed by atoms with Gasteiger partial charge in [0.2, 0.25) is 0 Å². The first-order valence-electron chi connectivity index (χ1n) is 0.623. The van der Waals surface area contributed by atoms with Gasteiger partial charge in [-0.1, -0.05) is 0 Å². The molecule has 0 saturated carbocycles. The predicted molar refractivity (Wildman–Crippen MR) is 7.35 cm³/mol. The third-order valence-electron chi connectivity index (χ3n) is 0. The Bertz CT molecular complexity index is 27.9. The average Bonchev–Trinajstić information content (AvgIpc) is 1.46. The van der Waals surface area contributed by atoms with Crippen LogP contribution in [-0.2, 0) is 23.5 Å². The van der Waals surface area contributed by atoms with Crippen LogP contribution >= 0.6 is 0 Å². The van der Waals surface area contributed by atoms with Gasteiger partial charge in [-0.3, -0.25) is 0 Å². The van der Waals surface area contributed by atoms with E-state index in [0.29, 0.717) is 0 Å². The van der Waals surface area contributed by atoms with E-state index in [4.69, 9.17) is 12.6 Å². The summed E-state index contributed by atoms with van der Waals surface area (Å²) in [6.07, 6.45) is 0. The molecule has 31 valence electrons. The molecule has 0 aromatic carbocycles. The van der Waals surface area contributed by atoms with Crippen LogP contribution in [0.4, 0.5) is 0 Å². The molecule has 5 heteroatoms. The number of nitrogens with two attached hydrogens (primary N) is 1. The van der Waals surface area contributed by atoms with E-state index in [-0.39, 0.29) is 0 Å². The summed E-state index contributed by atoms with van der Waals surface area (Å²) in [6, 6.07) is 0. The molecule has 0 spiro atoms. The normalized spacial score (nSPS) is 2.80. The zero-order valence-electron chi connectivity index (χ0n) is 2.29. The topological polar surface area (TPSA) is 80.4 Å². The van der Waals surface area contributed by atoms with Gasteiger partial charge < -0.3 is 5.21 Å². The van der Waals surface area contributed by atoms with Gasteiger partial charge in [0, 0.05) is 0 Å². The van der Waals surface area contributed by atoms with Gasteiger partial charge in [0.05, 0.1) is 0 Å². The summed E-state index contributed by atoms with van der Waals surface area (Å²) >= 11 is -1.81. The van der Waals surface area contributed by atoms with Crippen molar-refractivity contribution in [2.75, 3.05) is 0 Å². The number of rotatable bonds is 0. The summed E-state index contributed by atoms with van der Waals surface area (Å²) < 4.78 is 16.9. The molecule has 0 aromatic heterocycles. The molecular weight excluding hydrogens is 113 g/mol. The van der Waals surface area contributed by atoms with E-state index in [1.54, 1.807) is 0 Å². The van der Waals surface area contributed by atoms with E-state index < -0.39 is 16.2 Å². The zero-order chi connectivity index (χ0) is 4.71. The van der Waals surface area contributed by atoms with Crippen molar-refractivity contribution in [1.29, 1.82) is 0 Å². The summed E-state index contributed by atoms with van der Waals surface area (Å²) in [4.78, 5) is 0. The van der Waals surface area contributed by atoms with E-state index in [1.165, 1.54) is 0 Å². The van der Waals surface area contributed by atoms with Crippen LogP contribution in [0, 0.1) is 0 Å². The summed E-state index contributed by atoms with van der Waals surface area (Å²) in [5.41, 5.74) is 0. The van der Waals surface area contributed by atoms with Crippen LogP contribution in [0.5, 0.6) is 0 Å². The molecular formula is H3NO3V. The second-order valence-electron chi connectivity index (χ2n) is 0.0745. The van der Waals surface area contributed by atoms with Crippen molar-refractivity contribution >= 4 is 0 Å². The van der Waals surface area contributed by atoms with Crippen LogP contribution < -0.4 is 5.90 Å². The van der Waals surface area contributed by atoms with Crippen LogP contribution in [-0.4, -0.2) is 5.21 Å². The molecule has 4 nitrogen and oxygen atoms in total. The van der Waals surface area contributed by atoms with Crippen LogP contribution in [0.2, 0.25) is 0 Å². The molecule has 0 heterocycles. The Labute approximate surface area is 35.5 Å². The predicted octanol–water partition coefficient (Wildman–Crippen LogP) is -0.906. The quantitative estimate of drug-likeness (QED) is 0.401. The molecule has 0 rings (SSSR count). The molecule has 0 amide bonds. The van der Waals surface area contributed by atoms with E-state index in [9.17, 15) is 0 Å². The fourth-order valence-electron chi connectivity index (χ4n) is 0. The monoisotopic (exact) mass is 116 g/mol. The molecule has 5 heavy (non-hydrogen) atoms. The van der Waals surface area contributed by atoms with Crippen LogP contribution in [0.15, 0.2) is 0 Å². The van der Waals surface area contributed by atoms with Gasteiger partial charge in [-0.15, -0.1) is 0 Å². The van der Waals surface area contributed by atoms with E-state index in [1.807, 2.05) is 0 Å². The summed E-state index contributed by atoms with van der Waals surface area (Å²) in [5, 5.41) is 6.50. The fraction of sp³-hybridized carbons (Fsp3) is 0. The van der Waals surface area contributed by atoms with Gasteiger partial charge >= 0.3 is 23.5 Å². The minimum atomic E-state index is -1.81. The Kier molecular flexibility index (Phi) is 57.9. The van der Waals surface area contributed by atoms with E-state index >= 15 is 0 Å². The molecule has 0 atom stereocenters. The molecule has 0 unspecified atom stereocenters.